The molecule has 1 N–H and O–H groups in total. The van der Waals surface area contributed by atoms with Crippen molar-refractivity contribution in [2.24, 2.45) is 0 Å². The molecule has 0 bridgehead atoms. The molecule has 0 aromatic heterocycles. The highest BCUT2D eigenvalue weighted by molar-refractivity contribution is 7.89. The van der Waals surface area contributed by atoms with Crippen molar-refractivity contribution in [3.63, 3.8) is 0 Å². The van der Waals surface area contributed by atoms with Crippen LogP contribution in [-0.2, 0) is 14.8 Å². The third-order valence-electron chi connectivity index (χ3n) is 4.96. The Morgan fingerprint density at radius 1 is 1.07 bits per heavy atom. The molecule has 2 aromatic rings. The highest BCUT2D eigenvalue weighted by atomic mass is 32.2. The zero-order valence-electron chi connectivity index (χ0n) is 16.8. The Hall–Kier alpha value is -2.71. The van der Waals surface area contributed by atoms with Gasteiger partial charge >= 0.3 is 0 Å². The van der Waals surface area contributed by atoms with Gasteiger partial charge in [-0.3, -0.25) is 9.59 Å². The van der Waals surface area contributed by atoms with Crippen LogP contribution in [0.2, 0.25) is 0 Å². The summed E-state index contributed by atoms with van der Waals surface area (Å²) in [4.78, 5) is 26.6. The van der Waals surface area contributed by atoms with Crippen molar-refractivity contribution in [1.29, 1.82) is 0 Å². The molecule has 0 aliphatic carbocycles. The van der Waals surface area contributed by atoms with E-state index in [0.717, 1.165) is 28.4 Å². The van der Waals surface area contributed by atoms with Gasteiger partial charge in [0.1, 0.15) is 0 Å². The number of sulfonamides is 1. The summed E-state index contributed by atoms with van der Waals surface area (Å²) in [5.41, 5.74) is 2.75. The minimum absolute atomic E-state index is 0.129. The van der Waals surface area contributed by atoms with Crippen LogP contribution in [0.3, 0.4) is 0 Å². The zero-order valence-corrected chi connectivity index (χ0v) is 17.6. The van der Waals surface area contributed by atoms with Gasteiger partial charge in [0.15, 0.2) is 0 Å². The van der Waals surface area contributed by atoms with E-state index in [1.54, 1.807) is 11.0 Å². The van der Waals surface area contributed by atoms with Crippen LogP contribution in [0.5, 0.6) is 0 Å². The average Bonchev–Trinajstić information content (AvgIpc) is 2.69. The molecular weight excluding hydrogens is 390 g/mol. The molecule has 8 heteroatoms. The molecule has 1 heterocycles. The van der Waals surface area contributed by atoms with E-state index in [1.165, 1.54) is 38.4 Å². The van der Waals surface area contributed by atoms with E-state index < -0.39 is 10.0 Å². The van der Waals surface area contributed by atoms with Gasteiger partial charge in [0.05, 0.1) is 4.90 Å². The maximum atomic E-state index is 12.5. The third kappa shape index (κ3) is 4.49. The summed E-state index contributed by atoms with van der Waals surface area (Å²) in [5.74, 6) is -0.205. The molecule has 1 aliphatic heterocycles. The number of hydrogen-bond donors (Lipinski definition) is 1. The average molecular weight is 416 g/mol. The molecule has 0 unspecified atom stereocenters. The van der Waals surface area contributed by atoms with Gasteiger partial charge in [0.2, 0.25) is 15.9 Å². The van der Waals surface area contributed by atoms with E-state index in [1.807, 2.05) is 19.1 Å². The first-order chi connectivity index (χ1) is 13.7. The predicted octanol–water partition coefficient (Wildman–Crippen LogP) is 3.01. The predicted molar refractivity (Wildman–Crippen MR) is 113 cm³/mol. The number of piperidine rings is 1. The Kier molecular flexibility index (Phi) is 6.04. The topological polar surface area (TPSA) is 86.8 Å². The van der Waals surface area contributed by atoms with Crippen LogP contribution in [0.25, 0.3) is 0 Å². The first-order valence-corrected chi connectivity index (χ1v) is 10.9. The van der Waals surface area contributed by atoms with Gasteiger partial charge in [0.25, 0.3) is 5.91 Å². The van der Waals surface area contributed by atoms with Crippen LogP contribution in [0, 0.1) is 6.92 Å². The van der Waals surface area contributed by atoms with Crippen LogP contribution >= 0.6 is 0 Å². The van der Waals surface area contributed by atoms with Crippen molar-refractivity contribution >= 4 is 33.2 Å². The fraction of sp³-hybridized carbons (Fsp3) is 0.333. The van der Waals surface area contributed by atoms with Crippen LogP contribution in [-0.4, -0.2) is 45.2 Å². The summed E-state index contributed by atoms with van der Waals surface area (Å²) < 4.78 is 25.4. The van der Waals surface area contributed by atoms with Crippen molar-refractivity contribution in [2.45, 2.75) is 31.1 Å². The summed E-state index contributed by atoms with van der Waals surface area (Å²) >= 11 is 0. The molecule has 2 aromatic carbocycles. The number of carbonyl (C=O) groups is 2. The number of hydrogen-bond acceptors (Lipinski definition) is 4. The minimum Gasteiger partial charge on any atom is -0.322 e. The van der Waals surface area contributed by atoms with Crippen LogP contribution in [0.4, 0.5) is 11.4 Å². The SMILES string of the molecule is Cc1cc(NC(=O)c2ccc(S(=O)(=O)N(C)C)cc2)ccc1N1CCCCC1=O. The summed E-state index contributed by atoms with van der Waals surface area (Å²) in [6.07, 6.45) is 2.48. The van der Waals surface area contributed by atoms with Crippen LogP contribution < -0.4 is 10.2 Å². The van der Waals surface area contributed by atoms with Gasteiger partial charge in [-0.1, -0.05) is 0 Å². The Morgan fingerprint density at radius 3 is 2.34 bits per heavy atom. The quantitative estimate of drug-likeness (QED) is 0.813. The minimum atomic E-state index is -3.53. The number of aryl methyl sites for hydroxylation is 1. The smallest absolute Gasteiger partial charge is 0.255 e. The second-order valence-electron chi connectivity index (χ2n) is 7.27. The zero-order chi connectivity index (χ0) is 21.2. The number of nitrogens with zero attached hydrogens (tertiary/aromatic N) is 2. The van der Waals surface area contributed by atoms with Crippen molar-refractivity contribution in [1.82, 2.24) is 4.31 Å². The number of benzene rings is 2. The first kappa shape index (κ1) is 21.0. The number of nitrogens with one attached hydrogen (secondary N) is 1. The van der Waals surface area contributed by atoms with E-state index in [0.29, 0.717) is 24.2 Å². The lowest BCUT2D eigenvalue weighted by atomic mass is 10.1. The molecule has 0 radical (unpaired) electrons. The third-order valence-corrected chi connectivity index (χ3v) is 6.79. The number of rotatable bonds is 5. The summed E-state index contributed by atoms with van der Waals surface area (Å²) in [7, 11) is -0.619. The summed E-state index contributed by atoms with van der Waals surface area (Å²) in [5, 5.41) is 2.82. The number of carbonyl (C=O) groups excluding carboxylic acids is 2. The summed E-state index contributed by atoms with van der Waals surface area (Å²) in [6.45, 7) is 2.63. The van der Waals surface area contributed by atoms with Crippen molar-refractivity contribution < 1.29 is 18.0 Å². The van der Waals surface area contributed by atoms with Gasteiger partial charge in [-0.15, -0.1) is 0 Å². The van der Waals surface area contributed by atoms with Crippen molar-refractivity contribution in [2.75, 3.05) is 30.9 Å². The highest BCUT2D eigenvalue weighted by Gasteiger charge is 2.21. The number of anilines is 2. The lowest BCUT2D eigenvalue weighted by Crippen LogP contribution is -2.35. The molecule has 0 spiro atoms. The summed E-state index contributed by atoms with van der Waals surface area (Å²) in [6, 6.07) is 11.3. The Morgan fingerprint density at radius 2 is 1.76 bits per heavy atom. The molecule has 0 saturated carbocycles. The Balaban J connectivity index is 1.74. The Bertz CT molecular complexity index is 1030. The Labute approximate surface area is 171 Å². The largest absolute Gasteiger partial charge is 0.322 e. The van der Waals surface area contributed by atoms with E-state index in [2.05, 4.69) is 5.32 Å². The van der Waals surface area contributed by atoms with Gasteiger partial charge in [-0.2, -0.15) is 0 Å². The molecule has 154 valence electrons. The number of amides is 2. The lowest BCUT2D eigenvalue weighted by molar-refractivity contribution is -0.119. The van der Waals surface area contributed by atoms with E-state index >= 15 is 0 Å². The maximum absolute atomic E-state index is 12.5. The fourth-order valence-electron chi connectivity index (χ4n) is 3.29. The fourth-order valence-corrected chi connectivity index (χ4v) is 4.19. The highest BCUT2D eigenvalue weighted by Crippen LogP contribution is 2.27. The van der Waals surface area contributed by atoms with Crippen molar-refractivity contribution in [3.05, 3.63) is 53.6 Å². The molecule has 29 heavy (non-hydrogen) atoms. The van der Waals surface area contributed by atoms with Crippen LogP contribution in [0.1, 0.15) is 35.2 Å². The monoisotopic (exact) mass is 415 g/mol. The first-order valence-electron chi connectivity index (χ1n) is 9.45. The van der Waals surface area contributed by atoms with Gasteiger partial charge in [0, 0.05) is 44.0 Å². The molecule has 2 amide bonds. The van der Waals surface area contributed by atoms with Crippen LogP contribution in [0.15, 0.2) is 47.4 Å². The lowest BCUT2D eigenvalue weighted by Gasteiger charge is -2.28. The van der Waals surface area contributed by atoms with E-state index in [9.17, 15) is 18.0 Å². The molecule has 7 nitrogen and oxygen atoms in total. The van der Waals surface area contributed by atoms with Crippen molar-refractivity contribution in [3.8, 4) is 0 Å². The molecule has 1 aliphatic rings. The standard InChI is InChI=1S/C21H25N3O4S/c1-15-14-17(9-12-19(15)24-13-5-4-6-20(24)25)22-21(26)16-7-10-18(11-8-16)29(27,28)23(2)3/h7-12,14H,4-6,13H2,1-3H3,(H,22,26). The molecule has 1 saturated heterocycles. The van der Waals surface area contributed by atoms with Gasteiger partial charge < -0.3 is 10.2 Å². The van der Waals surface area contributed by atoms with E-state index in [-0.39, 0.29) is 16.7 Å². The molecular formula is C21H25N3O4S. The normalized spacial score (nSPS) is 14.9. The van der Waals surface area contributed by atoms with Gasteiger partial charge in [-0.25, -0.2) is 12.7 Å². The van der Waals surface area contributed by atoms with Gasteiger partial charge in [-0.05, 0) is 67.8 Å². The second-order valence-corrected chi connectivity index (χ2v) is 9.42. The second kappa shape index (κ2) is 8.34. The molecule has 3 rings (SSSR count). The maximum Gasteiger partial charge on any atom is 0.255 e. The molecule has 0 atom stereocenters. The van der Waals surface area contributed by atoms with E-state index in [4.69, 9.17) is 0 Å². The molecule has 1 fully saturated rings.